The largest absolute Gasteiger partial charge is 0.326 e. The van der Waals surface area contributed by atoms with Gasteiger partial charge in [-0.05, 0) is 38.1 Å². The summed E-state index contributed by atoms with van der Waals surface area (Å²) < 4.78 is 26.4. The van der Waals surface area contributed by atoms with Crippen molar-refractivity contribution in [2.24, 2.45) is 5.41 Å². The van der Waals surface area contributed by atoms with E-state index in [-0.39, 0.29) is 17.3 Å². The Hall–Kier alpha value is -1.91. The fraction of sp³-hybridized carbons (Fsp3) is 0.385. The van der Waals surface area contributed by atoms with E-state index < -0.39 is 15.4 Å². The third kappa shape index (κ3) is 4.64. The number of hydrogen-bond acceptors (Lipinski definition) is 4. The van der Waals surface area contributed by atoms with Gasteiger partial charge in [-0.25, -0.2) is 13.1 Å². The first-order valence-electron chi connectivity index (χ1n) is 5.95. The molecule has 0 radical (unpaired) electrons. The van der Waals surface area contributed by atoms with Gasteiger partial charge in [-0.2, -0.15) is 5.26 Å². The third-order valence-corrected chi connectivity index (χ3v) is 3.91. The third-order valence-electron chi connectivity index (χ3n) is 2.49. The van der Waals surface area contributed by atoms with Gasteiger partial charge in [-0.1, -0.05) is 0 Å². The fourth-order valence-electron chi connectivity index (χ4n) is 1.32. The van der Waals surface area contributed by atoms with Gasteiger partial charge >= 0.3 is 0 Å². The SMILES string of the molecule is CC(=O)Nc1ccc(S(=O)(=O)NCC(C)(C)C#N)cc1. The van der Waals surface area contributed by atoms with Gasteiger partial charge in [0.25, 0.3) is 0 Å². The Labute approximate surface area is 118 Å². The molecule has 7 heteroatoms. The highest BCUT2D eigenvalue weighted by Crippen LogP contribution is 2.16. The molecule has 0 aliphatic rings. The molecule has 0 unspecified atom stereocenters. The number of benzene rings is 1. The molecule has 2 N–H and O–H groups in total. The average Bonchev–Trinajstić information content (AvgIpc) is 2.37. The summed E-state index contributed by atoms with van der Waals surface area (Å²) in [6.45, 7) is 4.69. The molecule has 0 atom stereocenters. The Bertz CT molecular complexity index is 628. The van der Waals surface area contributed by atoms with E-state index >= 15 is 0 Å². The summed E-state index contributed by atoms with van der Waals surface area (Å²) in [5.41, 5.74) is -0.253. The lowest BCUT2D eigenvalue weighted by Gasteiger charge is -2.16. The number of rotatable bonds is 5. The van der Waals surface area contributed by atoms with Crippen LogP contribution in [-0.2, 0) is 14.8 Å². The van der Waals surface area contributed by atoms with Crippen LogP contribution in [0.25, 0.3) is 0 Å². The highest BCUT2D eigenvalue weighted by molar-refractivity contribution is 7.89. The molecule has 1 aromatic rings. The Kier molecular flexibility index (Phi) is 4.87. The monoisotopic (exact) mass is 295 g/mol. The number of nitriles is 1. The minimum Gasteiger partial charge on any atom is -0.326 e. The van der Waals surface area contributed by atoms with Crippen LogP contribution in [0.3, 0.4) is 0 Å². The summed E-state index contributed by atoms with van der Waals surface area (Å²) in [7, 11) is -3.66. The van der Waals surface area contributed by atoms with Crippen LogP contribution in [0.4, 0.5) is 5.69 Å². The van der Waals surface area contributed by atoms with Gasteiger partial charge in [0.05, 0.1) is 16.4 Å². The van der Waals surface area contributed by atoms with Crippen molar-refractivity contribution in [3.63, 3.8) is 0 Å². The van der Waals surface area contributed by atoms with E-state index in [9.17, 15) is 13.2 Å². The molecule has 0 spiro atoms. The van der Waals surface area contributed by atoms with Crippen molar-refractivity contribution in [1.82, 2.24) is 4.72 Å². The number of carbonyl (C=O) groups is 1. The standard InChI is InChI=1S/C13H17N3O3S/c1-10(17)16-11-4-6-12(7-5-11)20(18,19)15-9-13(2,3)8-14/h4-7,15H,9H2,1-3H3,(H,16,17). The quantitative estimate of drug-likeness (QED) is 0.859. The molecule has 0 aliphatic heterocycles. The van der Waals surface area contributed by atoms with Crippen molar-refractivity contribution in [2.45, 2.75) is 25.7 Å². The van der Waals surface area contributed by atoms with Crippen molar-refractivity contribution < 1.29 is 13.2 Å². The zero-order valence-electron chi connectivity index (χ0n) is 11.6. The summed E-state index contributed by atoms with van der Waals surface area (Å²) in [5.74, 6) is -0.227. The molecule has 108 valence electrons. The highest BCUT2D eigenvalue weighted by Gasteiger charge is 2.21. The second kappa shape index (κ2) is 6.03. The van der Waals surface area contributed by atoms with Gasteiger partial charge < -0.3 is 5.32 Å². The molecule has 0 heterocycles. The summed E-state index contributed by atoms with van der Waals surface area (Å²) >= 11 is 0. The fourth-order valence-corrected chi connectivity index (χ4v) is 2.53. The van der Waals surface area contributed by atoms with Gasteiger partial charge in [0, 0.05) is 19.2 Å². The molecule has 1 aromatic carbocycles. The van der Waals surface area contributed by atoms with Crippen LogP contribution >= 0.6 is 0 Å². The first-order valence-corrected chi connectivity index (χ1v) is 7.43. The molecule has 0 saturated heterocycles. The van der Waals surface area contributed by atoms with Crippen LogP contribution in [0.1, 0.15) is 20.8 Å². The van der Waals surface area contributed by atoms with Crippen LogP contribution in [0.15, 0.2) is 29.2 Å². The first-order chi connectivity index (χ1) is 9.16. The topological polar surface area (TPSA) is 99.1 Å². The second-order valence-electron chi connectivity index (χ2n) is 5.03. The van der Waals surface area contributed by atoms with Crippen LogP contribution in [0, 0.1) is 16.7 Å². The Morgan fingerprint density at radius 1 is 1.30 bits per heavy atom. The first kappa shape index (κ1) is 16.1. The maximum Gasteiger partial charge on any atom is 0.240 e. The number of nitrogens with zero attached hydrogens (tertiary/aromatic N) is 1. The van der Waals surface area contributed by atoms with Gasteiger partial charge in [-0.15, -0.1) is 0 Å². The second-order valence-corrected chi connectivity index (χ2v) is 6.79. The predicted octanol–water partition coefficient (Wildman–Crippen LogP) is 1.47. The Balaban J connectivity index is 2.83. The van der Waals surface area contributed by atoms with Crippen molar-refractivity contribution in [2.75, 3.05) is 11.9 Å². The summed E-state index contributed by atoms with van der Waals surface area (Å²) in [5, 5.41) is 11.4. The van der Waals surface area contributed by atoms with E-state index in [0.717, 1.165) is 0 Å². The van der Waals surface area contributed by atoms with E-state index in [0.29, 0.717) is 5.69 Å². The molecule has 6 nitrogen and oxygen atoms in total. The lowest BCUT2D eigenvalue weighted by Crippen LogP contribution is -2.33. The minimum absolute atomic E-state index is 0.0271. The van der Waals surface area contributed by atoms with E-state index in [1.807, 2.05) is 6.07 Å². The number of carbonyl (C=O) groups excluding carboxylic acids is 1. The van der Waals surface area contributed by atoms with E-state index in [4.69, 9.17) is 5.26 Å². The molecule has 1 rings (SSSR count). The van der Waals surface area contributed by atoms with Crippen LogP contribution in [-0.4, -0.2) is 20.9 Å². The molecule has 0 bridgehead atoms. The van der Waals surface area contributed by atoms with Crippen molar-refractivity contribution in [3.05, 3.63) is 24.3 Å². The maximum atomic E-state index is 12.0. The zero-order valence-corrected chi connectivity index (χ0v) is 12.4. The number of sulfonamides is 1. The minimum atomic E-state index is -3.66. The van der Waals surface area contributed by atoms with E-state index in [1.165, 1.54) is 31.2 Å². The predicted molar refractivity (Wildman–Crippen MR) is 75.3 cm³/mol. The van der Waals surface area contributed by atoms with Gasteiger partial charge in [0.15, 0.2) is 0 Å². The number of anilines is 1. The molecule has 20 heavy (non-hydrogen) atoms. The summed E-state index contributed by atoms with van der Waals surface area (Å²) in [6, 6.07) is 7.82. The number of nitrogens with one attached hydrogen (secondary N) is 2. The van der Waals surface area contributed by atoms with Crippen molar-refractivity contribution >= 4 is 21.6 Å². The van der Waals surface area contributed by atoms with Crippen LogP contribution in [0.5, 0.6) is 0 Å². The normalized spacial score (nSPS) is 11.7. The van der Waals surface area contributed by atoms with Crippen molar-refractivity contribution in [1.29, 1.82) is 5.26 Å². The summed E-state index contributed by atoms with van der Waals surface area (Å²) in [6.07, 6.45) is 0. The van der Waals surface area contributed by atoms with Gasteiger partial charge in [-0.3, -0.25) is 4.79 Å². The van der Waals surface area contributed by atoms with Crippen LogP contribution in [0.2, 0.25) is 0 Å². The molecule has 0 fully saturated rings. The molecular weight excluding hydrogens is 278 g/mol. The smallest absolute Gasteiger partial charge is 0.240 e. The lowest BCUT2D eigenvalue weighted by molar-refractivity contribution is -0.114. The highest BCUT2D eigenvalue weighted by atomic mass is 32.2. The van der Waals surface area contributed by atoms with E-state index in [2.05, 4.69) is 10.0 Å². The number of amides is 1. The average molecular weight is 295 g/mol. The molecular formula is C13H17N3O3S. The van der Waals surface area contributed by atoms with E-state index in [1.54, 1.807) is 13.8 Å². The van der Waals surface area contributed by atoms with Gasteiger partial charge in [0.1, 0.15) is 0 Å². The van der Waals surface area contributed by atoms with Crippen LogP contribution < -0.4 is 10.0 Å². The molecule has 0 saturated carbocycles. The zero-order chi connectivity index (χ0) is 15.4. The molecule has 1 amide bonds. The molecule has 0 aliphatic carbocycles. The lowest BCUT2D eigenvalue weighted by atomic mass is 9.97. The number of hydrogen-bond donors (Lipinski definition) is 2. The molecule has 0 aromatic heterocycles. The van der Waals surface area contributed by atoms with Crippen molar-refractivity contribution in [3.8, 4) is 6.07 Å². The summed E-state index contributed by atoms with van der Waals surface area (Å²) in [4.78, 5) is 11.0. The Morgan fingerprint density at radius 3 is 2.30 bits per heavy atom. The Morgan fingerprint density at radius 2 is 1.85 bits per heavy atom. The maximum absolute atomic E-state index is 12.0. The van der Waals surface area contributed by atoms with Gasteiger partial charge in [0.2, 0.25) is 15.9 Å².